The smallest absolute Gasteiger partial charge is 0.306 e. The van der Waals surface area contributed by atoms with Gasteiger partial charge >= 0.3 is 5.97 Å². The first kappa shape index (κ1) is 14.1. The summed E-state index contributed by atoms with van der Waals surface area (Å²) in [4.78, 5) is 23.2. The molecule has 0 bridgehead atoms. The number of hydrogen-bond acceptors (Lipinski definition) is 3. The van der Waals surface area contributed by atoms with Crippen LogP contribution in [0.3, 0.4) is 0 Å². The van der Waals surface area contributed by atoms with Crippen LogP contribution < -0.4 is 0 Å². The van der Waals surface area contributed by atoms with E-state index in [2.05, 4.69) is 0 Å². The molecule has 0 aromatic heterocycles. The second kappa shape index (κ2) is 6.25. The molecule has 1 saturated carbocycles. The predicted molar refractivity (Wildman–Crippen MR) is 79.6 cm³/mol. The number of ether oxygens (including phenoxy) is 1. The number of carbonyl (C=O) groups is 2. The van der Waals surface area contributed by atoms with Gasteiger partial charge < -0.3 is 4.74 Å². The van der Waals surface area contributed by atoms with Gasteiger partial charge in [0.1, 0.15) is 6.10 Å². The molecular formula is C18H20O3. The molecule has 1 aromatic rings. The molecular weight excluding hydrogens is 264 g/mol. The van der Waals surface area contributed by atoms with Gasteiger partial charge in [-0.15, -0.1) is 0 Å². The van der Waals surface area contributed by atoms with Gasteiger partial charge in [0, 0.05) is 12.3 Å². The SMILES string of the molecule is O=C(/C=C/[C@@H]1CCC2OC(=O)C[C@H]21)CCc1ccccc1. The molecule has 1 aromatic carbocycles. The molecule has 110 valence electrons. The number of allylic oxidation sites excluding steroid dienone is 2. The molecule has 3 nitrogen and oxygen atoms in total. The molecule has 21 heavy (non-hydrogen) atoms. The Morgan fingerprint density at radius 2 is 2.05 bits per heavy atom. The summed E-state index contributed by atoms with van der Waals surface area (Å²) in [5.41, 5.74) is 1.19. The minimum Gasteiger partial charge on any atom is -0.462 e. The molecule has 1 aliphatic carbocycles. The van der Waals surface area contributed by atoms with Gasteiger partial charge in [0.25, 0.3) is 0 Å². The zero-order chi connectivity index (χ0) is 14.7. The first-order chi connectivity index (χ1) is 10.2. The highest BCUT2D eigenvalue weighted by Gasteiger charge is 2.43. The molecule has 2 fully saturated rings. The number of ketones is 1. The van der Waals surface area contributed by atoms with Gasteiger partial charge in [0.2, 0.25) is 0 Å². The molecule has 1 heterocycles. The summed E-state index contributed by atoms with van der Waals surface area (Å²) < 4.78 is 5.27. The molecule has 1 saturated heterocycles. The quantitative estimate of drug-likeness (QED) is 0.616. The third-order valence-corrected chi connectivity index (χ3v) is 4.53. The number of fused-ring (bicyclic) bond motifs is 1. The number of benzene rings is 1. The van der Waals surface area contributed by atoms with Crippen molar-refractivity contribution in [3.63, 3.8) is 0 Å². The van der Waals surface area contributed by atoms with Crippen molar-refractivity contribution in [1.82, 2.24) is 0 Å². The normalized spacial score (nSPS) is 27.8. The molecule has 3 atom stereocenters. The van der Waals surface area contributed by atoms with E-state index in [1.54, 1.807) is 6.08 Å². The van der Waals surface area contributed by atoms with Crippen molar-refractivity contribution < 1.29 is 14.3 Å². The number of aryl methyl sites for hydroxylation is 1. The fourth-order valence-corrected chi connectivity index (χ4v) is 3.36. The van der Waals surface area contributed by atoms with E-state index in [0.717, 1.165) is 19.3 Å². The topological polar surface area (TPSA) is 43.4 Å². The van der Waals surface area contributed by atoms with Gasteiger partial charge in [-0.25, -0.2) is 0 Å². The Kier molecular flexibility index (Phi) is 4.18. The lowest BCUT2D eigenvalue weighted by atomic mass is 9.92. The van der Waals surface area contributed by atoms with Crippen molar-refractivity contribution in [2.75, 3.05) is 0 Å². The van der Waals surface area contributed by atoms with Crippen LogP contribution >= 0.6 is 0 Å². The van der Waals surface area contributed by atoms with E-state index >= 15 is 0 Å². The third kappa shape index (κ3) is 3.41. The number of hydrogen-bond donors (Lipinski definition) is 0. The number of carbonyl (C=O) groups excluding carboxylic acids is 2. The average Bonchev–Trinajstić information content (AvgIpc) is 3.03. The van der Waals surface area contributed by atoms with Gasteiger partial charge in [0.05, 0.1) is 6.42 Å². The highest BCUT2D eigenvalue weighted by molar-refractivity contribution is 5.89. The lowest BCUT2D eigenvalue weighted by Gasteiger charge is -2.10. The molecule has 0 N–H and O–H groups in total. The summed E-state index contributed by atoms with van der Waals surface area (Å²) >= 11 is 0. The third-order valence-electron chi connectivity index (χ3n) is 4.53. The molecule has 3 heteroatoms. The van der Waals surface area contributed by atoms with Crippen LogP contribution in [0.2, 0.25) is 0 Å². The van der Waals surface area contributed by atoms with Crippen molar-refractivity contribution in [3.8, 4) is 0 Å². The second-order valence-corrected chi connectivity index (χ2v) is 5.95. The van der Waals surface area contributed by atoms with Gasteiger partial charge in [-0.05, 0) is 36.8 Å². The van der Waals surface area contributed by atoms with Crippen molar-refractivity contribution in [3.05, 3.63) is 48.0 Å². The van der Waals surface area contributed by atoms with Crippen LogP contribution in [0.25, 0.3) is 0 Å². The molecule has 3 rings (SSSR count). The molecule has 1 aliphatic heterocycles. The Labute approximate surface area is 125 Å². The van der Waals surface area contributed by atoms with Gasteiger partial charge in [0.15, 0.2) is 5.78 Å². The largest absolute Gasteiger partial charge is 0.462 e. The molecule has 0 radical (unpaired) electrons. The second-order valence-electron chi connectivity index (χ2n) is 5.95. The van der Waals surface area contributed by atoms with Crippen molar-refractivity contribution in [2.45, 2.75) is 38.2 Å². The average molecular weight is 284 g/mol. The van der Waals surface area contributed by atoms with Gasteiger partial charge in [-0.3, -0.25) is 9.59 Å². The van der Waals surface area contributed by atoms with E-state index < -0.39 is 0 Å². The Morgan fingerprint density at radius 1 is 1.24 bits per heavy atom. The van der Waals surface area contributed by atoms with E-state index in [0.29, 0.717) is 18.8 Å². The molecule has 2 aliphatic rings. The number of esters is 1. The van der Waals surface area contributed by atoms with Gasteiger partial charge in [-0.1, -0.05) is 36.4 Å². The molecule has 1 unspecified atom stereocenters. The summed E-state index contributed by atoms with van der Waals surface area (Å²) in [6.07, 6.45) is 7.58. The molecule has 0 amide bonds. The lowest BCUT2D eigenvalue weighted by Crippen LogP contribution is -2.12. The number of rotatable bonds is 5. The summed E-state index contributed by atoms with van der Waals surface area (Å²) in [6, 6.07) is 10.0. The maximum atomic E-state index is 11.9. The van der Waals surface area contributed by atoms with Crippen LogP contribution in [0.5, 0.6) is 0 Å². The summed E-state index contributed by atoms with van der Waals surface area (Å²) in [7, 11) is 0. The van der Waals surface area contributed by atoms with E-state index in [9.17, 15) is 9.59 Å². The Morgan fingerprint density at radius 3 is 2.86 bits per heavy atom. The highest BCUT2D eigenvalue weighted by Crippen LogP contribution is 2.41. The minimum atomic E-state index is -0.0847. The Balaban J connectivity index is 1.49. The molecule has 0 spiro atoms. The minimum absolute atomic E-state index is 0.0847. The van der Waals surface area contributed by atoms with Crippen molar-refractivity contribution in [2.24, 2.45) is 11.8 Å². The van der Waals surface area contributed by atoms with Crippen LogP contribution in [0.1, 0.15) is 31.2 Å². The maximum Gasteiger partial charge on any atom is 0.306 e. The summed E-state index contributed by atoms with van der Waals surface area (Å²) in [5.74, 6) is 0.684. The van der Waals surface area contributed by atoms with Crippen LogP contribution in [0, 0.1) is 11.8 Å². The summed E-state index contributed by atoms with van der Waals surface area (Å²) in [6.45, 7) is 0. The van der Waals surface area contributed by atoms with E-state index in [-0.39, 0.29) is 23.8 Å². The first-order valence-corrected chi connectivity index (χ1v) is 7.67. The zero-order valence-corrected chi connectivity index (χ0v) is 12.0. The van der Waals surface area contributed by atoms with Crippen molar-refractivity contribution in [1.29, 1.82) is 0 Å². The van der Waals surface area contributed by atoms with E-state index in [1.807, 2.05) is 36.4 Å². The Hall–Kier alpha value is -1.90. The van der Waals surface area contributed by atoms with Crippen LogP contribution in [-0.2, 0) is 20.7 Å². The first-order valence-electron chi connectivity index (χ1n) is 7.67. The fourth-order valence-electron chi connectivity index (χ4n) is 3.36. The van der Waals surface area contributed by atoms with Gasteiger partial charge in [-0.2, -0.15) is 0 Å². The van der Waals surface area contributed by atoms with Crippen LogP contribution in [0.4, 0.5) is 0 Å². The maximum absolute atomic E-state index is 11.9. The summed E-state index contributed by atoms with van der Waals surface area (Å²) in [5, 5.41) is 0. The Bertz CT molecular complexity index is 547. The lowest BCUT2D eigenvalue weighted by molar-refractivity contribution is -0.141. The zero-order valence-electron chi connectivity index (χ0n) is 12.0. The van der Waals surface area contributed by atoms with Crippen molar-refractivity contribution >= 4 is 11.8 Å². The van der Waals surface area contributed by atoms with Crippen LogP contribution in [0.15, 0.2) is 42.5 Å². The standard InChI is InChI=1S/C18H20O3/c19-15(9-6-13-4-2-1-3-5-13)10-7-14-8-11-17-16(14)12-18(20)21-17/h1-5,7,10,14,16-17H,6,8-9,11-12H2/b10-7+/t14-,16+,17?/m1/s1. The highest BCUT2D eigenvalue weighted by atomic mass is 16.5. The van der Waals surface area contributed by atoms with Crippen LogP contribution in [-0.4, -0.2) is 17.9 Å². The van der Waals surface area contributed by atoms with E-state index in [1.165, 1.54) is 5.56 Å². The monoisotopic (exact) mass is 284 g/mol. The predicted octanol–water partition coefficient (Wildman–Crippen LogP) is 3.09. The fraction of sp³-hybridized carbons (Fsp3) is 0.444. The van der Waals surface area contributed by atoms with E-state index in [4.69, 9.17) is 4.74 Å².